The molecule has 1 fully saturated rings. The number of carbonyl (C=O) groups excluding carboxylic acids is 2. The molecule has 1 aliphatic heterocycles. The Hall–Kier alpha value is -3.08. The number of amides is 1. The molecule has 0 radical (unpaired) electrons. The second-order valence-electron chi connectivity index (χ2n) is 7.09. The van der Waals surface area contributed by atoms with E-state index in [4.69, 9.17) is 4.74 Å². The molecule has 1 N–H and O–H groups in total. The first-order valence-electron chi connectivity index (χ1n) is 9.39. The van der Waals surface area contributed by atoms with Crippen molar-refractivity contribution in [1.82, 2.24) is 4.90 Å². The molecular weight excluding hydrogens is 354 g/mol. The van der Waals surface area contributed by atoms with E-state index in [0.717, 1.165) is 23.1 Å². The number of hydrogen-bond donors (Lipinski definition) is 1. The Bertz CT molecular complexity index is 961. The number of aliphatic hydroxyl groups is 1. The van der Waals surface area contributed by atoms with Crippen LogP contribution in [0.1, 0.15) is 41.6 Å². The van der Waals surface area contributed by atoms with E-state index in [1.165, 1.54) is 0 Å². The average Bonchev–Trinajstić information content (AvgIpc) is 2.92. The Morgan fingerprint density at radius 1 is 1.14 bits per heavy atom. The summed E-state index contributed by atoms with van der Waals surface area (Å²) < 4.78 is 5.22. The van der Waals surface area contributed by atoms with Crippen molar-refractivity contribution in [2.45, 2.75) is 33.2 Å². The quantitative estimate of drug-likeness (QED) is 0.482. The molecular formula is C23H25NO4. The molecule has 5 heteroatoms. The molecule has 0 saturated carbocycles. The third-order valence-electron chi connectivity index (χ3n) is 5.05. The molecule has 2 aromatic carbocycles. The van der Waals surface area contributed by atoms with E-state index in [1.807, 2.05) is 45.0 Å². The Morgan fingerprint density at radius 2 is 1.89 bits per heavy atom. The van der Waals surface area contributed by atoms with Gasteiger partial charge < -0.3 is 14.7 Å². The Balaban J connectivity index is 2.21. The van der Waals surface area contributed by atoms with Crippen LogP contribution in [0.25, 0.3) is 5.76 Å². The molecule has 28 heavy (non-hydrogen) atoms. The van der Waals surface area contributed by atoms with Gasteiger partial charge in [-0.15, -0.1) is 0 Å². The molecule has 0 spiro atoms. The van der Waals surface area contributed by atoms with Crippen LogP contribution in [0.15, 0.2) is 48.0 Å². The summed E-state index contributed by atoms with van der Waals surface area (Å²) in [5.74, 6) is -0.701. The molecule has 2 aromatic rings. The summed E-state index contributed by atoms with van der Waals surface area (Å²) >= 11 is 0. The number of ether oxygens (including phenoxy) is 1. The number of rotatable bonds is 5. The maximum absolute atomic E-state index is 12.9. The minimum absolute atomic E-state index is 0.136. The van der Waals surface area contributed by atoms with Crippen molar-refractivity contribution in [3.8, 4) is 5.75 Å². The lowest BCUT2D eigenvalue weighted by atomic mass is 9.93. The number of aryl methyl sites for hydroxylation is 2. The van der Waals surface area contributed by atoms with Crippen LogP contribution in [0.2, 0.25) is 0 Å². The number of carbonyl (C=O) groups is 2. The first-order valence-corrected chi connectivity index (χ1v) is 9.39. The van der Waals surface area contributed by atoms with E-state index in [9.17, 15) is 14.7 Å². The van der Waals surface area contributed by atoms with Crippen LogP contribution in [-0.2, 0) is 9.59 Å². The van der Waals surface area contributed by atoms with E-state index >= 15 is 0 Å². The molecule has 0 aromatic heterocycles. The Morgan fingerprint density at radius 3 is 2.50 bits per heavy atom. The zero-order valence-corrected chi connectivity index (χ0v) is 16.7. The van der Waals surface area contributed by atoms with Gasteiger partial charge in [0.1, 0.15) is 11.5 Å². The highest BCUT2D eigenvalue weighted by molar-refractivity contribution is 6.46. The van der Waals surface area contributed by atoms with Crippen LogP contribution in [-0.4, -0.2) is 35.4 Å². The van der Waals surface area contributed by atoms with Crippen molar-refractivity contribution in [1.29, 1.82) is 0 Å². The molecule has 1 heterocycles. The molecule has 0 aliphatic carbocycles. The lowest BCUT2D eigenvalue weighted by Gasteiger charge is -2.25. The van der Waals surface area contributed by atoms with Crippen molar-refractivity contribution in [2.24, 2.45) is 0 Å². The van der Waals surface area contributed by atoms with Crippen LogP contribution < -0.4 is 4.74 Å². The van der Waals surface area contributed by atoms with Crippen LogP contribution >= 0.6 is 0 Å². The third-order valence-corrected chi connectivity index (χ3v) is 5.05. The lowest BCUT2D eigenvalue weighted by Crippen LogP contribution is -2.30. The van der Waals surface area contributed by atoms with Gasteiger partial charge >= 0.3 is 0 Å². The van der Waals surface area contributed by atoms with E-state index in [0.29, 0.717) is 17.9 Å². The van der Waals surface area contributed by atoms with Gasteiger partial charge in [-0.2, -0.15) is 0 Å². The molecule has 146 valence electrons. The zero-order chi connectivity index (χ0) is 20.4. The van der Waals surface area contributed by atoms with Crippen LogP contribution in [0.5, 0.6) is 5.75 Å². The number of benzene rings is 2. The van der Waals surface area contributed by atoms with Crippen molar-refractivity contribution < 1.29 is 19.4 Å². The van der Waals surface area contributed by atoms with Gasteiger partial charge in [-0.3, -0.25) is 9.59 Å². The smallest absolute Gasteiger partial charge is 0.295 e. The fourth-order valence-corrected chi connectivity index (χ4v) is 3.71. The maximum atomic E-state index is 12.9. The summed E-state index contributed by atoms with van der Waals surface area (Å²) in [6.45, 7) is 6.20. The second-order valence-corrected chi connectivity index (χ2v) is 7.09. The number of Topliss-reactive ketones (excluding diaryl/α,β-unsaturated/α-hetero) is 1. The second kappa shape index (κ2) is 7.89. The standard InChI is InChI=1S/C23H25NO4/c1-5-11-24-20(16-8-6-7-14(2)12-16)19(22(26)23(24)27)21(25)18-10-9-17(28-4)13-15(18)3/h6-10,12-13,20,25H,5,11H2,1-4H3/b21-19-. The molecule has 1 amide bonds. The summed E-state index contributed by atoms with van der Waals surface area (Å²) in [5.41, 5.74) is 3.27. The van der Waals surface area contributed by atoms with Crippen molar-refractivity contribution in [3.63, 3.8) is 0 Å². The molecule has 1 atom stereocenters. The van der Waals surface area contributed by atoms with E-state index in [2.05, 4.69) is 0 Å². The Labute approximate surface area is 165 Å². The first-order chi connectivity index (χ1) is 13.4. The van der Waals surface area contributed by atoms with Crippen molar-refractivity contribution in [3.05, 3.63) is 70.3 Å². The third kappa shape index (κ3) is 3.40. The van der Waals surface area contributed by atoms with Gasteiger partial charge in [0.05, 0.1) is 18.7 Å². The number of methoxy groups -OCH3 is 1. The van der Waals surface area contributed by atoms with Gasteiger partial charge in [0.25, 0.3) is 11.7 Å². The first kappa shape index (κ1) is 19.7. The van der Waals surface area contributed by atoms with Crippen molar-refractivity contribution in [2.75, 3.05) is 13.7 Å². The molecule has 3 rings (SSSR count). The monoisotopic (exact) mass is 379 g/mol. The van der Waals surface area contributed by atoms with Gasteiger partial charge in [-0.25, -0.2) is 0 Å². The predicted octanol–water partition coefficient (Wildman–Crippen LogP) is 4.14. The molecule has 1 unspecified atom stereocenters. The van der Waals surface area contributed by atoms with E-state index in [-0.39, 0.29) is 11.3 Å². The highest BCUT2D eigenvalue weighted by Crippen LogP contribution is 2.40. The number of aliphatic hydroxyl groups excluding tert-OH is 1. The molecule has 5 nitrogen and oxygen atoms in total. The zero-order valence-electron chi connectivity index (χ0n) is 16.7. The minimum atomic E-state index is -0.646. The number of likely N-dealkylation sites (tertiary alicyclic amines) is 1. The summed E-state index contributed by atoms with van der Waals surface area (Å²) in [5, 5.41) is 11.1. The summed E-state index contributed by atoms with van der Waals surface area (Å²) in [6, 6.07) is 12.3. The number of nitrogens with zero attached hydrogens (tertiary/aromatic N) is 1. The largest absolute Gasteiger partial charge is 0.507 e. The summed E-state index contributed by atoms with van der Waals surface area (Å²) in [6.07, 6.45) is 0.719. The van der Waals surface area contributed by atoms with Crippen molar-refractivity contribution >= 4 is 17.4 Å². The van der Waals surface area contributed by atoms with Gasteiger partial charge in [-0.05, 0) is 49.6 Å². The number of ketones is 1. The highest BCUT2D eigenvalue weighted by Gasteiger charge is 2.45. The lowest BCUT2D eigenvalue weighted by molar-refractivity contribution is -0.139. The predicted molar refractivity (Wildman–Crippen MR) is 108 cm³/mol. The Kier molecular flexibility index (Phi) is 5.54. The average molecular weight is 379 g/mol. The van der Waals surface area contributed by atoms with Gasteiger partial charge in [-0.1, -0.05) is 36.8 Å². The number of hydrogen-bond acceptors (Lipinski definition) is 4. The molecule has 1 saturated heterocycles. The SMILES string of the molecule is CCCN1C(=O)C(=O)/C(=C(\O)c2ccc(OC)cc2C)C1c1cccc(C)c1. The maximum Gasteiger partial charge on any atom is 0.295 e. The van der Waals surface area contributed by atoms with Crippen LogP contribution in [0, 0.1) is 13.8 Å². The van der Waals surface area contributed by atoms with Gasteiger partial charge in [0.2, 0.25) is 0 Å². The fraction of sp³-hybridized carbons (Fsp3) is 0.304. The fourth-order valence-electron chi connectivity index (χ4n) is 3.71. The van der Waals surface area contributed by atoms with Crippen LogP contribution in [0.3, 0.4) is 0 Å². The molecule has 0 bridgehead atoms. The van der Waals surface area contributed by atoms with Crippen LogP contribution in [0.4, 0.5) is 0 Å². The normalized spacial score (nSPS) is 18.6. The minimum Gasteiger partial charge on any atom is -0.507 e. The summed E-state index contributed by atoms with van der Waals surface area (Å²) in [4.78, 5) is 27.1. The van der Waals surface area contributed by atoms with E-state index in [1.54, 1.807) is 30.2 Å². The summed E-state index contributed by atoms with van der Waals surface area (Å²) in [7, 11) is 1.57. The highest BCUT2D eigenvalue weighted by atomic mass is 16.5. The van der Waals surface area contributed by atoms with Gasteiger partial charge in [0, 0.05) is 12.1 Å². The van der Waals surface area contributed by atoms with E-state index < -0.39 is 17.7 Å². The molecule has 1 aliphatic rings. The van der Waals surface area contributed by atoms with Gasteiger partial charge in [0.15, 0.2) is 0 Å². The topological polar surface area (TPSA) is 66.8 Å².